The number of phenols is 1. The van der Waals surface area contributed by atoms with Gasteiger partial charge in [-0.3, -0.25) is 24.0 Å². The number of benzene rings is 2. The van der Waals surface area contributed by atoms with Gasteiger partial charge < -0.3 is 93.5 Å². The highest BCUT2D eigenvalue weighted by Gasteiger charge is 2.51. The number of hydrogen-bond donors (Lipinski definition) is 6. The van der Waals surface area contributed by atoms with Crippen LogP contribution in [0.1, 0.15) is 97.9 Å². The van der Waals surface area contributed by atoms with Crippen LogP contribution in [0.15, 0.2) is 77.1 Å². The highest BCUT2D eigenvalue weighted by molar-refractivity contribution is 7.90. The average molecular weight is 1510 g/mol. The molecule has 2 aliphatic rings. The van der Waals surface area contributed by atoms with Gasteiger partial charge in [-0.1, -0.05) is 43.0 Å². The summed E-state index contributed by atoms with van der Waals surface area (Å²) in [5.74, 6) is 3.28. The zero-order chi connectivity index (χ0) is 76.2. The zero-order valence-electron chi connectivity index (χ0n) is 60.4. The van der Waals surface area contributed by atoms with Gasteiger partial charge in [0.25, 0.3) is 5.56 Å². The fourth-order valence-electron chi connectivity index (χ4n) is 11.2. The molecule has 0 saturated carbocycles. The third-order valence-corrected chi connectivity index (χ3v) is 17.5. The Bertz CT molecular complexity index is 4150. The van der Waals surface area contributed by atoms with Crippen molar-refractivity contribution in [3.05, 3.63) is 117 Å². The predicted octanol–water partition coefficient (Wildman–Crippen LogP) is 2.85. The lowest BCUT2D eigenvalue weighted by Gasteiger charge is -2.35. The predicted molar refractivity (Wildman–Crippen MR) is 383 cm³/mol. The van der Waals surface area contributed by atoms with E-state index in [0.717, 1.165) is 22.8 Å². The lowest BCUT2D eigenvalue weighted by Crippen LogP contribution is -2.47. The molecule has 8 rings (SSSR count). The van der Waals surface area contributed by atoms with E-state index in [1.807, 2.05) is 6.92 Å². The molecular formula is C72H94N12O22S. The molecule has 0 saturated heterocycles. The Balaban J connectivity index is 0.574. The van der Waals surface area contributed by atoms with Gasteiger partial charge in [0.15, 0.2) is 0 Å². The smallest absolute Gasteiger partial charge is 0.508 e. The number of amides is 4. The van der Waals surface area contributed by atoms with Crippen LogP contribution in [-0.2, 0) is 136 Å². The number of hydrogen-bond acceptors (Lipinski definition) is 28. The van der Waals surface area contributed by atoms with Crippen LogP contribution in [0, 0.1) is 11.8 Å². The maximum atomic E-state index is 14.1. The van der Waals surface area contributed by atoms with E-state index >= 15 is 0 Å². The summed E-state index contributed by atoms with van der Waals surface area (Å²) in [5.41, 5.74) is 8.97. The number of pyridine rings is 2. The minimum absolute atomic E-state index is 0.0801. The van der Waals surface area contributed by atoms with Crippen molar-refractivity contribution in [2.75, 3.05) is 144 Å². The second-order valence-corrected chi connectivity index (χ2v) is 26.4. The number of ether oxygens (including phenoxy) is 12. The lowest BCUT2D eigenvalue weighted by molar-refractivity contribution is -0.175. The van der Waals surface area contributed by atoms with Crippen LogP contribution in [0.2, 0.25) is 0 Å². The molecule has 6 aromatic rings. The number of phenolic OH excluding ortho intramolecular Hbond substituents is 1. The van der Waals surface area contributed by atoms with E-state index in [-0.39, 0.29) is 86.7 Å². The molecule has 34 nitrogen and oxygen atoms in total. The third kappa shape index (κ3) is 26.5. The van der Waals surface area contributed by atoms with Gasteiger partial charge >= 0.3 is 12.1 Å². The number of unbranched alkanes of at least 4 members (excludes halogenated alkanes) is 2. The quantitative estimate of drug-likeness (QED) is 0.0138. The topological polar surface area (TPSA) is 433 Å². The number of nitrogens with one attached hydrogen (secondary N) is 4. The molecule has 0 bridgehead atoms. The monoisotopic (exact) mass is 1510 g/mol. The molecule has 6 heterocycles. The van der Waals surface area contributed by atoms with Crippen molar-refractivity contribution >= 4 is 62.2 Å². The van der Waals surface area contributed by atoms with Crippen LogP contribution in [0.4, 0.5) is 10.5 Å². The van der Waals surface area contributed by atoms with Crippen LogP contribution >= 0.6 is 0 Å². The van der Waals surface area contributed by atoms with Crippen LogP contribution < -0.4 is 32.6 Å². The number of fused-ring (bicyclic) bond motifs is 5. The molecule has 7 N–H and O–H groups in total. The number of cyclic esters (lactones) is 1. The van der Waals surface area contributed by atoms with Gasteiger partial charge in [0.1, 0.15) is 43.9 Å². The summed E-state index contributed by atoms with van der Waals surface area (Å²) in [5, 5.41) is 29.8. The minimum atomic E-state index is -3.48. The normalized spacial score (nSPS) is 13.9. The first kappa shape index (κ1) is 83.2. The summed E-state index contributed by atoms with van der Waals surface area (Å²) in [6.07, 6.45) is 7.50. The summed E-state index contributed by atoms with van der Waals surface area (Å²) < 4.78 is 92.6. The Kier molecular flexibility index (Phi) is 34.2. The highest BCUT2D eigenvalue weighted by atomic mass is 32.2. The SMILES string of the molecule is CCc1c2c(nc3ccc(O)cc13)-c1cc3c(c(=O)n1C2)COC(=O)[C@@]3(CC)OC(=O)OCc1ccc(NC(=O)[C@H](CCCCN)NC(=O)COCC(=O)NCCOCCOCCOCCOCCOCCOCCOCCOCCn2cc(CNC(=O)CCCC#Cc3cnc(S(C)(=O)=O)nc3)nn2)cc1. The van der Waals surface area contributed by atoms with Gasteiger partial charge in [0.05, 0.1) is 160 Å². The van der Waals surface area contributed by atoms with E-state index in [0.29, 0.717) is 184 Å². The van der Waals surface area contributed by atoms with Gasteiger partial charge in [-0.2, -0.15) is 0 Å². The van der Waals surface area contributed by atoms with E-state index in [4.69, 9.17) is 67.6 Å². The number of sulfone groups is 1. The molecular weight excluding hydrogens is 1420 g/mol. The Morgan fingerprint density at radius 1 is 0.748 bits per heavy atom. The number of aromatic hydroxyl groups is 1. The van der Waals surface area contributed by atoms with Gasteiger partial charge in [-0.15, -0.1) is 5.10 Å². The Labute approximate surface area is 618 Å². The van der Waals surface area contributed by atoms with Gasteiger partial charge in [0, 0.05) is 60.2 Å². The van der Waals surface area contributed by atoms with Crippen molar-refractivity contribution in [2.45, 2.75) is 115 Å². The third-order valence-electron chi connectivity index (χ3n) is 16.6. The van der Waals surface area contributed by atoms with Gasteiger partial charge in [-0.05, 0) is 92.6 Å². The number of carbonyl (C=O) groups is 6. The molecule has 35 heteroatoms. The fourth-order valence-corrected chi connectivity index (χ4v) is 11.7. The number of nitrogens with two attached hydrogens (primary N) is 1. The summed E-state index contributed by atoms with van der Waals surface area (Å²) in [6, 6.07) is 11.9. The van der Waals surface area contributed by atoms with Gasteiger partial charge in [-0.25, -0.2) is 37.6 Å². The van der Waals surface area contributed by atoms with Crippen LogP contribution in [0.5, 0.6) is 5.75 Å². The van der Waals surface area contributed by atoms with E-state index in [2.05, 4.69) is 53.4 Å². The second kappa shape index (κ2) is 44.0. The Morgan fingerprint density at radius 2 is 1.38 bits per heavy atom. The zero-order valence-corrected chi connectivity index (χ0v) is 61.2. The molecule has 2 aliphatic heterocycles. The van der Waals surface area contributed by atoms with Crippen LogP contribution in [0.25, 0.3) is 22.3 Å². The van der Waals surface area contributed by atoms with Crippen LogP contribution in [0.3, 0.4) is 0 Å². The minimum Gasteiger partial charge on any atom is -0.508 e. The van der Waals surface area contributed by atoms with Crippen molar-refractivity contribution in [1.29, 1.82) is 0 Å². The first-order valence-corrected chi connectivity index (χ1v) is 37.3. The molecule has 4 aromatic heterocycles. The van der Waals surface area contributed by atoms with Crippen LogP contribution in [-0.4, -0.2) is 228 Å². The standard InChI is InChI=1S/C72H94N12O22S/c1-4-55-56-39-54(85)18-19-60(56)80-66-57(55)45-84-62(66)40-59-58(68(84)90)47-104-69(91)72(59,5-2)106-71(92)105-46-50-14-16-52(17-15-50)78-67(89)61(12-9-10-20-73)79-65(88)49-103-48-64(87)74-21-23-95-25-27-97-29-31-99-33-35-101-37-38-102-36-34-100-32-30-98-28-26-96-24-22-83-44-53(81-82-83)43-75-63(86)13-8-6-7-11-51-41-76-70(77-42-51)107(3,93)94/h14-19,39-42,44,61,85H,4-6,8-10,12-13,20-38,43,45-49,73H2,1-3H3,(H,74,87)(H,75,86)(H,78,89)(H,79,88)/t61-,72-/m0/s1. The number of aromatic nitrogens is 7. The fraction of sp³-hybridized carbons (Fsp3) is 0.528. The molecule has 0 spiro atoms. The number of anilines is 1. The van der Waals surface area contributed by atoms with Crippen molar-refractivity contribution in [3.8, 4) is 29.0 Å². The molecule has 4 amide bonds. The lowest BCUT2D eigenvalue weighted by atomic mass is 9.85. The number of nitrogens with zero attached hydrogens (tertiary/aromatic N) is 7. The molecule has 0 unspecified atom stereocenters. The molecule has 580 valence electrons. The van der Waals surface area contributed by atoms with E-state index in [1.54, 1.807) is 64.8 Å². The number of rotatable bonds is 49. The first-order valence-electron chi connectivity index (χ1n) is 35.4. The van der Waals surface area contributed by atoms with E-state index in [9.17, 15) is 47.1 Å². The van der Waals surface area contributed by atoms with Crippen molar-refractivity contribution < 1.29 is 99.1 Å². The Morgan fingerprint density at radius 3 is 2.01 bits per heavy atom. The molecule has 0 aliphatic carbocycles. The number of esters is 1. The van der Waals surface area contributed by atoms with E-state index in [1.165, 1.54) is 18.5 Å². The number of aryl methyl sites for hydroxylation is 1. The number of carbonyl (C=O) groups excluding carboxylic acids is 6. The van der Waals surface area contributed by atoms with Crippen molar-refractivity contribution in [1.82, 2.24) is 50.5 Å². The summed E-state index contributed by atoms with van der Waals surface area (Å²) in [6.45, 7) is 9.63. The van der Waals surface area contributed by atoms with E-state index < -0.39 is 70.1 Å². The first-order chi connectivity index (χ1) is 51.9. The van der Waals surface area contributed by atoms with Gasteiger partial charge in [0.2, 0.25) is 44.2 Å². The molecule has 0 radical (unpaired) electrons. The molecule has 107 heavy (non-hydrogen) atoms. The highest BCUT2D eigenvalue weighted by Crippen LogP contribution is 2.43. The summed E-state index contributed by atoms with van der Waals surface area (Å²) in [4.78, 5) is 105. The maximum Gasteiger partial charge on any atom is 0.510 e. The Hall–Kier alpha value is -9.45. The molecule has 2 atom stereocenters. The maximum absolute atomic E-state index is 14.1. The molecule has 2 aromatic carbocycles. The largest absolute Gasteiger partial charge is 0.510 e. The second-order valence-electron chi connectivity index (χ2n) is 24.4. The van der Waals surface area contributed by atoms with Crippen molar-refractivity contribution in [3.63, 3.8) is 0 Å². The van der Waals surface area contributed by atoms with Crippen molar-refractivity contribution in [2.24, 2.45) is 5.73 Å². The summed E-state index contributed by atoms with van der Waals surface area (Å²) >= 11 is 0. The summed E-state index contributed by atoms with van der Waals surface area (Å²) in [7, 11) is -3.48. The molecule has 0 fully saturated rings. The average Bonchev–Trinajstić information content (AvgIpc) is 1.62.